The van der Waals surface area contributed by atoms with Crippen LogP contribution in [0, 0.1) is 0 Å². The summed E-state index contributed by atoms with van der Waals surface area (Å²) in [4.78, 5) is 10.8. The fourth-order valence-corrected chi connectivity index (χ4v) is 4.14. The molecule has 5 nitrogen and oxygen atoms in total. The Morgan fingerprint density at radius 1 is 0.667 bits per heavy atom. The number of benzene rings is 3. The minimum absolute atomic E-state index is 0.00511. The van der Waals surface area contributed by atoms with Crippen LogP contribution in [0.2, 0.25) is 0 Å². The highest BCUT2D eigenvalue weighted by Gasteiger charge is 2.15. The van der Waals surface area contributed by atoms with Crippen LogP contribution in [0.1, 0.15) is 61.3 Å². The molecule has 0 amide bonds. The minimum atomic E-state index is 0.00511. The van der Waals surface area contributed by atoms with Crippen molar-refractivity contribution < 1.29 is 23.7 Å². The fourth-order valence-electron chi connectivity index (χ4n) is 4.14. The lowest BCUT2D eigenvalue weighted by Gasteiger charge is -2.22. The Morgan fingerprint density at radius 3 is 1.78 bits per heavy atom. The summed E-state index contributed by atoms with van der Waals surface area (Å²) >= 11 is 0. The molecule has 0 aromatic heterocycles. The van der Waals surface area contributed by atoms with E-state index in [-0.39, 0.29) is 12.2 Å². The van der Waals surface area contributed by atoms with E-state index in [1.807, 2.05) is 54.6 Å². The highest BCUT2D eigenvalue weighted by molar-refractivity contribution is 5.48. The van der Waals surface area contributed by atoms with Crippen molar-refractivity contribution in [2.75, 3.05) is 14.2 Å². The van der Waals surface area contributed by atoms with Crippen molar-refractivity contribution in [1.82, 2.24) is 0 Å². The third kappa shape index (κ3) is 9.48. The van der Waals surface area contributed by atoms with Crippen molar-refractivity contribution in [2.24, 2.45) is 0 Å². The Hall–Kier alpha value is -3.15. The Balaban J connectivity index is 1.55. The van der Waals surface area contributed by atoms with Gasteiger partial charge in [-0.2, -0.15) is 0 Å². The van der Waals surface area contributed by atoms with Crippen LogP contribution >= 0.6 is 0 Å². The predicted octanol–water partition coefficient (Wildman–Crippen LogP) is 7.09. The lowest BCUT2D eigenvalue weighted by molar-refractivity contribution is -0.108. The van der Waals surface area contributed by atoms with Gasteiger partial charge in [-0.05, 0) is 73.1 Å². The molecule has 0 aliphatic heterocycles. The molecule has 0 unspecified atom stereocenters. The van der Waals surface area contributed by atoms with Gasteiger partial charge in [0.1, 0.15) is 17.8 Å². The third-order valence-electron chi connectivity index (χ3n) is 6.27. The number of carbonyl (C=O) groups excluding carboxylic acids is 1. The summed E-state index contributed by atoms with van der Waals surface area (Å²) in [5.74, 6) is 1.68. The van der Waals surface area contributed by atoms with Crippen LogP contribution in [0.5, 0.6) is 11.5 Å². The van der Waals surface area contributed by atoms with Crippen LogP contribution in [0.25, 0.3) is 0 Å². The van der Waals surface area contributed by atoms with Crippen molar-refractivity contribution in [3.05, 3.63) is 95.6 Å². The SMILES string of the molecule is COc1ccc(CO[C@H](CCCC=O)CCC[C@H](OCc2ccc(OC)cc2)c2ccccc2)cc1. The topological polar surface area (TPSA) is 54.0 Å². The number of carbonyl (C=O) groups is 1. The lowest BCUT2D eigenvalue weighted by atomic mass is 10.00. The van der Waals surface area contributed by atoms with Gasteiger partial charge in [0.2, 0.25) is 0 Å². The average Bonchev–Trinajstić information content (AvgIpc) is 2.94. The first-order chi connectivity index (χ1) is 17.7. The summed E-state index contributed by atoms with van der Waals surface area (Å²) in [6.45, 7) is 1.09. The molecule has 0 heterocycles. The number of ether oxygens (including phenoxy) is 4. The predicted molar refractivity (Wildman–Crippen MR) is 142 cm³/mol. The number of unbranched alkanes of at least 4 members (excludes halogenated alkanes) is 1. The van der Waals surface area contributed by atoms with Gasteiger partial charge in [-0.25, -0.2) is 0 Å². The van der Waals surface area contributed by atoms with Crippen LogP contribution < -0.4 is 9.47 Å². The molecule has 0 saturated heterocycles. The molecule has 2 atom stereocenters. The first kappa shape index (κ1) is 27.4. The first-order valence-corrected chi connectivity index (χ1v) is 12.7. The molecule has 192 valence electrons. The third-order valence-corrected chi connectivity index (χ3v) is 6.27. The Bertz CT molecular complexity index is 986. The molecule has 3 aromatic rings. The summed E-state index contributed by atoms with van der Waals surface area (Å²) in [5, 5.41) is 0. The van der Waals surface area contributed by atoms with Crippen LogP contribution in [0.15, 0.2) is 78.9 Å². The molecule has 0 saturated carbocycles. The molecule has 36 heavy (non-hydrogen) atoms. The van der Waals surface area contributed by atoms with Crippen LogP contribution in [0.3, 0.4) is 0 Å². The van der Waals surface area contributed by atoms with Crippen molar-refractivity contribution in [1.29, 1.82) is 0 Å². The molecular weight excluding hydrogens is 452 g/mol. The van der Waals surface area contributed by atoms with Gasteiger partial charge >= 0.3 is 0 Å². The Morgan fingerprint density at radius 2 is 1.22 bits per heavy atom. The zero-order valence-electron chi connectivity index (χ0n) is 21.4. The van der Waals surface area contributed by atoms with Gasteiger partial charge in [0.05, 0.1) is 39.6 Å². The molecular formula is C31H38O5. The Labute approximate surface area is 215 Å². The van der Waals surface area contributed by atoms with Gasteiger partial charge in [0.15, 0.2) is 0 Å². The van der Waals surface area contributed by atoms with Crippen molar-refractivity contribution in [3.8, 4) is 11.5 Å². The maximum absolute atomic E-state index is 10.8. The summed E-state index contributed by atoms with van der Waals surface area (Å²) in [7, 11) is 3.34. The lowest BCUT2D eigenvalue weighted by Crippen LogP contribution is -2.14. The van der Waals surface area contributed by atoms with Gasteiger partial charge in [0.25, 0.3) is 0 Å². The van der Waals surface area contributed by atoms with Crippen LogP contribution in [-0.2, 0) is 27.5 Å². The number of rotatable bonds is 17. The summed E-state index contributed by atoms with van der Waals surface area (Å²) in [5.41, 5.74) is 3.41. The second-order valence-corrected chi connectivity index (χ2v) is 8.87. The van der Waals surface area contributed by atoms with E-state index in [0.29, 0.717) is 19.6 Å². The van der Waals surface area contributed by atoms with E-state index in [1.165, 1.54) is 5.56 Å². The van der Waals surface area contributed by atoms with E-state index in [2.05, 4.69) is 24.3 Å². The number of methoxy groups -OCH3 is 2. The Kier molecular flexibility index (Phi) is 12.0. The molecule has 5 heteroatoms. The standard InChI is InChI=1S/C31H38O5/c1-33-28-18-14-25(15-19-28)23-35-30(11-6-7-22-32)12-8-13-31(27-9-4-3-5-10-27)36-24-26-16-20-29(34-2)21-17-26/h3-5,9-10,14-22,30-31H,6-8,11-13,23-24H2,1-2H3/t30-,31+/m1/s1. The normalized spacial score (nSPS) is 12.6. The quantitative estimate of drug-likeness (QED) is 0.149. The van der Waals surface area contributed by atoms with Crippen LogP contribution in [0.4, 0.5) is 0 Å². The van der Waals surface area contributed by atoms with Gasteiger partial charge in [-0.1, -0.05) is 54.6 Å². The zero-order chi connectivity index (χ0) is 25.4. The molecule has 0 radical (unpaired) electrons. The van der Waals surface area contributed by atoms with E-state index >= 15 is 0 Å². The monoisotopic (exact) mass is 490 g/mol. The second kappa shape index (κ2) is 15.8. The van der Waals surface area contributed by atoms with Crippen molar-refractivity contribution in [3.63, 3.8) is 0 Å². The molecule has 0 fully saturated rings. The fraction of sp³-hybridized carbons (Fsp3) is 0.387. The highest BCUT2D eigenvalue weighted by atomic mass is 16.5. The van der Waals surface area contributed by atoms with E-state index < -0.39 is 0 Å². The zero-order valence-corrected chi connectivity index (χ0v) is 21.4. The maximum atomic E-state index is 10.8. The molecule has 3 aromatic carbocycles. The maximum Gasteiger partial charge on any atom is 0.119 e. The number of hydrogen-bond acceptors (Lipinski definition) is 5. The average molecular weight is 491 g/mol. The van der Waals surface area contributed by atoms with E-state index in [0.717, 1.165) is 61.0 Å². The van der Waals surface area contributed by atoms with Gasteiger partial charge < -0.3 is 23.7 Å². The molecule has 3 rings (SSSR count). The number of hydrogen-bond donors (Lipinski definition) is 0. The van der Waals surface area contributed by atoms with E-state index in [1.54, 1.807) is 14.2 Å². The minimum Gasteiger partial charge on any atom is -0.497 e. The molecule has 0 aliphatic carbocycles. The molecule has 0 bridgehead atoms. The summed E-state index contributed by atoms with van der Waals surface area (Å²) < 4.78 is 23.2. The summed E-state index contributed by atoms with van der Waals surface area (Å²) in [6, 6.07) is 26.3. The van der Waals surface area contributed by atoms with Crippen LogP contribution in [-0.4, -0.2) is 26.6 Å². The summed E-state index contributed by atoms with van der Waals surface area (Å²) in [6.07, 6.45) is 6.16. The molecule has 0 N–H and O–H groups in total. The highest BCUT2D eigenvalue weighted by Crippen LogP contribution is 2.27. The first-order valence-electron chi connectivity index (χ1n) is 12.7. The largest absolute Gasteiger partial charge is 0.497 e. The smallest absolute Gasteiger partial charge is 0.119 e. The van der Waals surface area contributed by atoms with Gasteiger partial charge in [0, 0.05) is 6.42 Å². The molecule has 0 aliphatic rings. The molecule has 0 spiro atoms. The van der Waals surface area contributed by atoms with Gasteiger partial charge in [-0.15, -0.1) is 0 Å². The van der Waals surface area contributed by atoms with Gasteiger partial charge in [-0.3, -0.25) is 0 Å². The van der Waals surface area contributed by atoms with Crippen molar-refractivity contribution >= 4 is 6.29 Å². The van der Waals surface area contributed by atoms with Crippen molar-refractivity contribution in [2.45, 2.75) is 63.9 Å². The number of aldehydes is 1. The van der Waals surface area contributed by atoms with E-state index in [4.69, 9.17) is 18.9 Å². The van der Waals surface area contributed by atoms with E-state index in [9.17, 15) is 4.79 Å². The second-order valence-electron chi connectivity index (χ2n) is 8.87.